The summed E-state index contributed by atoms with van der Waals surface area (Å²) in [6.07, 6.45) is 4.57. The van der Waals surface area contributed by atoms with Crippen molar-refractivity contribution in [3.63, 3.8) is 0 Å². The summed E-state index contributed by atoms with van der Waals surface area (Å²) < 4.78 is 11.4. The molecule has 0 amide bonds. The molecule has 0 spiro atoms. The normalized spacial score (nSPS) is 33.1. The van der Waals surface area contributed by atoms with Crippen LogP contribution in [0.4, 0.5) is 0 Å². The lowest BCUT2D eigenvalue weighted by molar-refractivity contribution is -0.0232. The number of hydrogen-bond acceptors (Lipinski definition) is 4. The first-order valence-corrected chi connectivity index (χ1v) is 6.85. The summed E-state index contributed by atoms with van der Waals surface area (Å²) in [4.78, 5) is 0. The largest absolute Gasteiger partial charge is 0.388 e. The number of hydrogen-bond donors (Lipinski definition) is 2. The van der Waals surface area contributed by atoms with Crippen molar-refractivity contribution in [2.75, 3.05) is 13.2 Å². The van der Waals surface area contributed by atoms with E-state index in [-0.39, 0.29) is 18.2 Å². The summed E-state index contributed by atoms with van der Waals surface area (Å²) in [5.41, 5.74) is 5.43. The molecular formula is C12H26BNO3. The maximum Gasteiger partial charge on any atom is 0.142 e. The van der Waals surface area contributed by atoms with Gasteiger partial charge in [0.2, 0.25) is 0 Å². The van der Waals surface area contributed by atoms with Crippen LogP contribution in [0.3, 0.4) is 0 Å². The van der Waals surface area contributed by atoms with E-state index in [4.69, 9.17) is 15.2 Å². The number of ether oxygens (including phenoxy) is 2. The standard InChI is InChI=1S/C12H26BNO3/c1-2-9-10(15)11(12(13)17-9)16-8-6-4-3-5-7-14/h9-12,15H,2-8,13-14H2,1H3/t9-,10+,11?,12-/m1/s1. The van der Waals surface area contributed by atoms with Gasteiger partial charge < -0.3 is 20.3 Å². The Labute approximate surface area is 105 Å². The first kappa shape index (κ1) is 15.0. The predicted molar refractivity (Wildman–Crippen MR) is 70.8 cm³/mol. The van der Waals surface area contributed by atoms with Gasteiger partial charge in [-0.2, -0.15) is 0 Å². The first-order valence-electron chi connectivity index (χ1n) is 6.85. The van der Waals surface area contributed by atoms with Gasteiger partial charge in [-0.1, -0.05) is 19.8 Å². The van der Waals surface area contributed by atoms with Crippen molar-refractivity contribution in [2.45, 2.75) is 63.3 Å². The highest BCUT2D eigenvalue weighted by Crippen LogP contribution is 2.24. The van der Waals surface area contributed by atoms with Crippen molar-refractivity contribution in [3.05, 3.63) is 0 Å². The lowest BCUT2D eigenvalue weighted by Crippen LogP contribution is -2.35. The Morgan fingerprint density at radius 1 is 1.29 bits per heavy atom. The fourth-order valence-electron chi connectivity index (χ4n) is 2.31. The van der Waals surface area contributed by atoms with Crippen molar-refractivity contribution in [2.24, 2.45) is 5.73 Å². The van der Waals surface area contributed by atoms with Crippen molar-refractivity contribution < 1.29 is 14.6 Å². The molecule has 1 rings (SSSR count). The summed E-state index contributed by atoms with van der Waals surface area (Å²) in [6.45, 7) is 3.50. The van der Waals surface area contributed by atoms with Crippen molar-refractivity contribution in [3.8, 4) is 0 Å². The lowest BCUT2D eigenvalue weighted by atomic mass is 9.92. The molecule has 4 nitrogen and oxygen atoms in total. The summed E-state index contributed by atoms with van der Waals surface area (Å²) in [6, 6.07) is -0.000934. The monoisotopic (exact) mass is 243 g/mol. The number of aliphatic hydroxyl groups is 1. The predicted octanol–water partition coefficient (Wildman–Crippen LogP) is 0.0196. The fourth-order valence-corrected chi connectivity index (χ4v) is 2.31. The minimum atomic E-state index is -0.473. The van der Waals surface area contributed by atoms with E-state index < -0.39 is 6.10 Å². The third kappa shape index (κ3) is 4.58. The van der Waals surface area contributed by atoms with E-state index in [1.165, 1.54) is 0 Å². The highest BCUT2D eigenvalue weighted by atomic mass is 16.6. The topological polar surface area (TPSA) is 64.7 Å². The second-order valence-corrected chi connectivity index (χ2v) is 4.82. The molecule has 1 aliphatic rings. The van der Waals surface area contributed by atoms with E-state index in [2.05, 4.69) is 0 Å². The van der Waals surface area contributed by atoms with Gasteiger partial charge in [-0.15, -0.1) is 0 Å². The summed E-state index contributed by atoms with van der Waals surface area (Å²) in [7, 11) is 1.97. The quantitative estimate of drug-likeness (QED) is 0.466. The number of nitrogens with two attached hydrogens (primary N) is 1. The van der Waals surface area contributed by atoms with Gasteiger partial charge in [0.15, 0.2) is 0 Å². The van der Waals surface area contributed by atoms with E-state index in [0.29, 0.717) is 6.61 Å². The molecule has 0 aromatic carbocycles. The average molecular weight is 243 g/mol. The third-order valence-electron chi connectivity index (χ3n) is 3.38. The first-order chi connectivity index (χ1) is 8.20. The van der Waals surface area contributed by atoms with E-state index in [9.17, 15) is 5.11 Å². The molecule has 1 fully saturated rings. The maximum absolute atomic E-state index is 9.99. The van der Waals surface area contributed by atoms with Crippen molar-refractivity contribution >= 4 is 7.85 Å². The van der Waals surface area contributed by atoms with Crippen LogP contribution in [-0.2, 0) is 9.47 Å². The Bertz CT molecular complexity index is 206. The zero-order chi connectivity index (χ0) is 12.7. The van der Waals surface area contributed by atoms with Crippen LogP contribution in [0, 0.1) is 0 Å². The van der Waals surface area contributed by atoms with Crippen LogP contribution < -0.4 is 5.73 Å². The molecule has 0 aliphatic carbocycles. The molecule has 0 bridgehead atoms. The third-order valence-corrected chi connectivity index (χ3v) is 3.38. The molecule has 1 unspecified atom stereocenters. The van der Waals surface area contributed by atoms with E-state index in [1.807, 2.05) is 14.8 Å². The molecule has 1 saturated heterocycles. The highest BCUT2D eigenvalue weighted by molar-refractivity contribution is 6.11. The van der Waals surface area contributed by atoms with Crippen LogP contribution in [0.1, 0.15) is 39.0 Å². The van der Waals surface area contributed by atoms with Gasteiger partial charge >= 0.3 is 0 Å². The zero-order valence-electron chi connectivity index (χ0n) is 11.1. The number of aliphatic hydroxyl groups excluding tert-OH is 1. The smallest absolute Gasteiger partial charge is 0.142 e. The van der Waals surface area contributed by atoms with E-state index in [1.54, 1.807) is 0 Å². The summed E-state index contributed by atoms with van der Waals surface area (Å²) in [5, 5.41) is 9.99. The molecular weight excluding hydrogens is 217 g/mol. The van der Waals surface area contributed by atoms with Crippen molar-refractivity contribution in [1.29, 1.82) is 0 Å². The average Bonchev–Trinajstić information content (AvgIpc) is 2.60. The molecule has 1 aliphatic heterocycles. The summed E-state index contributed by atoms with van der Waals surface area (Å²) in [5.74, 6) is 0. The molecule has 17 heavy (non-hydrogen) atoms. The summed E-state index contributed by atoms with van der Waals surface area (Å²) >= 11 is 0. The van der Waals surface area contributed by atoms with Gasteiger partial charge in [0.1, 0.15) is 20.1 Å². The van der Waals surface area contributed by atoms with Crippen LogP contribution in [0.25, 0.3) is 0 Å². The second kappa shape index (κ2) is 8.09. The number of rotatable bonds is 8. The molecule has 0 aromatic heterocycles. The molecule has 3 N–H and O–H groups in total. The van der Waals surface area contributed by atoms with Gasteiger partial charge in [0, 0.05) is 6.61 Å². The van der Waals surface area contributed by atoms with Crippen molar-refractivity contribution in [1.82, 2.24) is 0 Å². The fraction of sp³-hybridized carbons (Fsp3) is 1.00. The zero-order valence-corrected chi connectivity index (χ0v) is 11.1. The second-order valence-electron chi connectivity index (χ2n) is 4.82. The van der Waals surface area contributed by atoms with Gasteiger partial charge in [-0.05, 0) is 25.8 Å². The van der Waals surface area contributed by atoms with Crippen LogP contribution in [0.15, 0.2) is 0 Å². The Morgan fingerprint density at radius 3 is 2.59 bits per heavy atom. The van der Waals surface area contributed by atoms with Gasteiger partial charge in [-0.3, -0.25) is 0 Å². The Hall–Kier alpha value is -0.0951. The highest BCUT2D eigenvalue weighted by Gasteiger charge is 2.40. The molecule has 0 radical (unpaired) electrons. The van der Waals surface area contributed by atoms with Gasteiger partial charge in [0.05, 0.1) is 12.1 Å². The SMILES string of the molecule is B[C@@H]1O[C@H](CC)[C@H](O)C1OCCCCCCN. The molecule has 1 heterocycles. The number of unbranched alkanes of at least 4 members (excludes halogenated alkanes) is 3. The molecule has 100 valence electrons. The Balaban J connectivity index is 2.14. The van der Waals surface area contributed by atoms with E-state index in [0.717, 1.165) is 38.6 Å². The van der Waals surface area contributed by atoms with Gasteiger partial charge in [-0.25, -0.2) is 0 Å². The Kier molecular flexibility index (Phi) is 7.12. The van der Waals surface area contributed by atoms with Crippen LogP contribution in [0.2, 0.25) is 0 Å². The van der Waals surface area contributed by atoms with Crippen LogP contribution in [0.5, 0.6) is 0 Å². The molecule has 0 aromatic rings. The maximum atomic E-state index is 9.99. The molecule has 5 heteroatoms. The van der Waals surface area contributed by atoms with Gasteiger partial charge in [0.25, 0.3) is 0 Å². The molecule has 4 atom stereocenters. The van der Waals surface area contributed by atoms with E-state index >= 15 is 0 Å². The van der Waals surface area contributed by atoms with Crippen LogP contribution in [-0.4, -0.2) is 50.4 Å². The minimum Gasteiger partial charge on any atom is -0.388 e. The minimum absolute atomic E-state index is 0.000934. The Morgan fingerprint density at radius 2 is 2.00 bits per heavy atom. The van der Waals surface area contributed by atoms with Crippen LogP contribution >= 0.6 is 0 Å². The molecule has 0 saturated carbocycles. The lowest BCUT2D eigenvalue weighted by Gasteiger charge is -2.18.